The van der Waals surface area contributed by atoms with Gasteiger partial charge in [0.1, 0.15) is 12.4 Å². The second-order valence-corrected chi connectivity index (χ2v) is 7.45. The molecule has 0 amide bonds. The number of hydrogen-bond donors (Lipinski definition) is 1. The third-order valence-electron chi connectivity index (χ3n) is 2.27. The molecule has 1 aromatic carbocycles. The van der Waals surface area contributed by atoms with Gasteiger partial charge in [-0.05, 0) is 12.1 Å². The summed E-state index contributed by atoms with van der Waals surface area (Å²) in [5.41, 5.74) is 0. The number of aliphatic hydroxyl groups excluding tert-OH is 1. The second-order valence-electron chi connectivity index (χ2n) is 3.88. The molecule has 0 bridgehead atoms. The predicted octanol–water partition coefficient (Wildman–Crippen LogP) is 3.60. The first-order valence-electron chi connectivity index (χ1n) is 5.92. The van der Waals surface area contributed by atoms with Crippen molar-refractivity contribution in [3.05, 3.63) is 30.3 Å². The molecule has 6 heteroatoms. The van der Waals surface area contributed by atoms with Crippen molar-refractivity contribution < 1.29 is 9.84 Å². The number of para-hydroxylation sites is 1. The molecule has 0 aliphatic carbocycles. The Morgan fingerprint density at radius 3 is 2.35 bits per heavy atom. The van der Waals surface area contributed by atoms with E-state index in [1.807, 2.05) is 49.4 Å². The number of benzene rings is 1. The molecular formula is C14H16Br2N2O2. The summed E-state index contributed by atoms with van der Waals surface area (Å²) < 4.78 is 4.36. The lowest BCUT2D eigenvalue weighted by Gasteiger charge is -2.16. The SMILES string of the molecule is CC(CC#N)C(Br)(Br)C#N.OCCOc1ccccc1. The predicted molar refractivity (Wildman–Crippen MR) is 84.6 cm³/mol. The van der Waals surface area contributed by atoms with E-state index in [4.69, 9.17) is 20.4 Å². The lowest BCUT2D eigenvalue weighted by Crippen LogP contribution is -2.18. The van der Waals surface area contributed by atoms with Crippen molar-refractivity contribution in [1.29, 1.82) is 10.5 Å². The van der Waals surface area contributed by atoms with Gasteiger partial charge >= 0.3 is 0 Å². The molecule has 0 saturated carbocycles. The molecule has 4 nitrogen and oxygen atoms in total. The molecule has 0 aliphatic heterocycles. The van der Waals surface area contributed by atoms with Crippen LogP contribution in [0.3, 0.4) is 0 Å². The van der Waals surface area contributed by atoms with E-state index in [1.54, 1.807) is 0 Å². The first kappa shape index (κ1) is 18.9. The normalized spacial score (nSPS) is 11.3. The van der Waals surface area contributed by atoms with Crippen molar-refractivity contribution in [1.82, 2.24) is 0 Å². The van der Waals surface area contributed by atoms with Gasteiger partial charge in [0.05, 0.1) is 18.7 Å². The highest BCUT2D eigenvalue weighted by atomic mass is 79.9. The average Bonchev–Trinajstić information content (AvgIpc) is 2.47. The number of halogens is 2. The third-order valence-corrected chi connectivity index (χ3v) is 4.19. The molecule has 1 atom stereocenters. The number of nitrogens with zero attached hydrogens (tertiary/aromatic N) is 2. The van der Waals surface area contributed by atoms with E-state index in [-0.39, 0.29) is 12.5 Å². The fourth-order valence-electron chi connectivity index (χ4n) is 1.06. The molecule has 0 saturated heterocycles. The van der Waals surface area contributed by atoms with Crippen LogP contribution in [0.2, 0.25) is 0 Å². The van der Waals surface area contributed by atoms with Gasteiger partial charge in [0, 0.05) is 12.3 Å². The number of rotatable bonds is 5. The molecule has 0 fully saturated rings. The maximum Gasteiger partial charge on any atom is 0.169 e. The summed E-state index contributed by atoms with van der Waals surface area (Å²) in [4.78, 5) is 0. The summed E-state index contributed by atoms with van der Waals surface area (Å²) in [5, 5.41) is 25.2. The van der Waals surface area contributed by atoms with E-state index >= 15 is 0 Å². The van der Waals surface area contributed by atoms with Crippen molar-refractivity contribution in [2.45, 2.75) is 16.6 Å². The van der Waals surface area contributed by atoms with E-state index in [2.05, 4.69) is 31.9 Å². The first-order valence-corrected chi connectivity index (χ1v) is 7.51. The third kappa shape index (κ3) is 8.16. The van der Waals surface area contributed by atoms with Crippen molar-refractivity contribution in [3.63, 3.8) is 0 Å². The Kier molecular flexibility index (Phi) is 10.1. The highest BCUT2D eigenvalue weighted by Crippen LogP contribution is 2.35. The van der Waals surface area contributed by atoms with Gasteiger partial charge in [-0.15, -0.1) is 0 Å². The number of ether oxygens (including phenoxy) is 1. The Morgan fingerprint density at radius 1 is 1.30 bits per heavy atom. The quantitative estimate of drug-likeness (QED) is 0.761. The van der Waals surface area contributed by atoms with Crippen LogP contribution in [-0.2, 0) is 0 Å². The molecule has 1 rings (SSSR count). The summed E-state index contributed by atoms with van der Waals surface area (Å²) in [7, 11) is 0. The van der Waals surface area contributed by atoms with Crippen molar-refractivity contribution in [2.24, 2.45) is 5.92 Å². The molecule has 1 unspecified atom stereocenters. The van der Waals surface area contributed by atoms with E-state index in [0.717, 1.165) is 5.75 Å². The minimum Gasteiger partial charge on any atom is -0.491 e. The Bertz CT molecular complexity index is 452. The molecule has 0 spiro atoms. The number of aliphatic hydroxyl groups is 1. The second kappa shape index (κ2) is 10.7. The van der Waals surface area contributed by atoms with E-state index in [0.29, 0.717) is 13.0 Å². The van der Waals surface area contributed by atoms with Gasteiger partial charge in [-0.2, -0.15) is 10.5 Å². The van der Waals surface area contributed by atoms with Crippen LogP contribution in [0.25, 0.3) is 0 Å². The molecule has 1 N–H and O–H groups in total. The van der Waals surface area contributed by atoms with Crippen molar-refractivity contribution in [2.75, 3.05) is 13.2 Å². The van der Waals surface area contributed by atoms with Gasteiger partial charge in [-0.1, -0.05) is 57.0 Å². The van der Waals surface area contributed by atoms with Gasteiger partial charge in [0.2, 0.25) is 0 Å². The summed E-state index contributed by atoms with van der Waals surface area (Å²) in [6.45, 7) is 2.26. The minimum atomic E-state index is -0.740. The van der Waals surface area contributed by atoms with Gasteiger partial charge < -0.3 is 9.84 Å². The van der Waals surface area contributed by atoms with Crippen molar-refractivity contribution in [3.8, 4) is 17.9 Å². The summed E-state index contributed by atoms with van der Waals surface area (Å²) in [6, 6.07) is 13.4. The number of hydrogen-bond acceptors (Lipinski definition) is 4. The van der Waals surface area contributed by atoms with Crippen LogP contribution in [0.1, 0.15) is 13.3 Å². The molecule has 20 heavy (non-hydrogen) atoms. The van der Waals surface area contributed by atoms with Crippen LogP contribution in [0, 0.1) is 28.6 Å². The summed E-state index contributed by atoms with van der Waals surface area (Å²) in [5.74, 6) is 0.791. The lowest BCUT2D eigenvalue weighted by molar-refractivity contribution is 0.201. The van der Waals surface area contributed by atoms with Crippen LogP contribution >= 0.6 is 31.9 Å². The highest BCUT2D eigenvalue weighted by Gasteiger charge is 2.29. The first-order chi connectivity index (χ1) is 9.47. The van der Waals surface area contributed by atoms with Gasteiger partial charge in [-0.25, -0.2) is 0 Å². The monoisotopic (exact) mass is 402 g/mol. The average molecular weight is 404 g/mol. The van der Waals surface area contributed by atoms with Crippen LogP contribution in [0.15, 0.2) is 30.3 Å². The summed E-state index contributed by atoms with van der Waals surface area (Å²) in [6.07, 6.45) is 0.365. The molecule has 108 valence electrons. The standard InChI is InChI=1S/C8H10O2.C6H6Br2N2/c9-6-7-10-8-4-2-1-3-5-8;1-5(2-3-9)6(7,8)4-10/h1-5,9H,6-7H2;5H,2H2,1H3. The molecule has 1 aromatic rings. The molecule has 0 aromatic heterocycles. The maximum absolute atomic E-state index is 8.54. The van der Waals surface area contributed by atoms with Crippen LogP contribution < -0.4 is 4.74 Å². The van der Waals surface area contributed by atoms with Crippen LogP contribution in [0.5, 0.6) is 5.75 Å². The van der Waals surface area contributed by atoms with Gasteiger partial charge in [-0.3, -0.25) is 0 Å². The Balaban J connectivity index is 0.000000361. The van der Waals surface area contributed by atoms with Crippen molar-refractivity contribution >= 4 is 31.9 Å². The molecular weight excluding hydrogens is 388 g/mol. The Morgan fingerprint density at radius 2 is 1.90 bits per heavy atom. The summed E-state index contributed by atoms with van der Waals surface area (Å²) >= 11 is 6.30. The minimum absolute atomic E-state index is 0.0116. The fourth-order valence-corrected chi connectivity index (χ4v) is 1.38. The van der Waals surface area contributed by atoms with E-state index in [9.17, 15) is 0 Å². The van der Waals surface area contributed by atoms with Gasteiger partial charge in [0.15, 0.2) is 3.23 Å². The van der Waals surface area contributed by atoms with Crippen LogP contribution in [0.4, 0.5) is 0 Å². The van der Waals surface area contributed by atoms with Gasteiger partial charge in [0.25, 0.3) is 0 Å². The number of nitriles is 2. The zero-order valence-electron chi connectivity index (χ0n) is 11.1. The van der Waals surface area contributed by atoms with E-state index in [1.165, 1.54) is 0 Å². The topological polar surface area (TPSA) is 77.0 Å². The smallest absolute Gasteiger partial charge is 0.169 e. The zero-order chi connectivity index (χ0) is 15.4. The Labute approximate surface area is 136 Å². The lowest BCUT2D eigenvalue weighted by atomic mass is 10.1. The fraction of sp³-hybridized carbons (Fsp3) is 0.429. The molecule has 0 aliphatic rings. The van der Waals surface area contributed by atoms with Crippen LogP contribution in [-0.4, -0.2) is 21.6 Å². The molecule has 0 radical (unpaired) electrons. The van der Waals surface area contributed by atoms with E-state index < -0.39 is 3.23 Å². The largest absolute Gasteiger partial charge is 0.491 e. The zero-order valence-corrected chi connectivity index (χ0v) is 14.3. The highest BCUT2D eigenvalue weighted by molar-refractivity contribution is 9.25. The number of alkyl halides is 2. The maximum atomic E-state index is 8.54. The Hall–Kier alpha value is -1.08. The molecule has 0 heterocycles.